The van der Waals surface area contributed by atoms with Crippen molar-refractivity contribution < 1.29 is 9.47 Å². The van der Waals surface area contributed by atoms with Gasteiger partial charge in [-0.2, -0.15) is 0 Å². The zero-order valence-corrected chi connectivity index (χ0v) is 7.25. The van der Waals surface area contributed by atoms with Crippen LogP contribution in [0.3, 0.4) is 0 Å². The molecule has 0 bridgehead atoms. The summed E-state index contributed by atoms with van der Waals surface area (Å²) in [5.74, 6) is 0.893. The average molecular weight is 165 g/mol. The predicted molar refractivity (Wildman–Crippen MR) is 47.3 cm³/mol. The van der Waals surface area contributed by atoms with Crippen molar-refractivity contribution in [2.45, 2.75) is 6.42 Å². The SMILES string of the molecule is COCCCOc1cc[c]cc1. The van der Waals surface area contributed by atoms with Gasteiger partial charge in [0.1, 0.15) is 5.75 Å². The van der Waals surface area contributed by atoms with Crippen molar-refractivity contribution in [2.75, 3.05) is 20.3 Å². The maximum absolute atomic E-state index is 5.41. The first-order valence-corrected chi connectivity index (χ1v) is 4.01. The molecular weight excluding hydrogens is 152 g/mol. The smallest absolute Gasteiger partial charge is 0.119 e. The molecule has 12 heavy (non-hydrogen) atoms. The first-order chi connectivity index (χ1) is 5.93. The van der Waals surface area contributed by atoms with E-state index in [4.69, 9.17) is 9.47 Å². The largest absolute Gasteiger partial charge is 0.494 e. The summed E-state index contributed by atoms with van der Waals surface area (Å²) in [6.07, 6.45) is 0.926. The van der Waals surface area contributed by atoms with Gasteiger partial charge in [0, 0.05) is 20.1 Å². The van der Waals surface area contributed by atoms with E-state index in [2.05, 4.69) is 6.07 Å². The molecule has 0 aliphatic carbocycles. The van der Waals surface area contributed by atoms with Gasteiger partial charge < -0.3 is 9.47 Å². The lowest BCUT2D eigenvalue weighted by Crippen LogP contribution is -2.00. The van der Waals surface area contributed by atoms with Gasteiger partial charge in [0.25, 0.3) is 0 Å². The molecule has 0 aliphatic rings. The van der Waals surface area contributed by atoms with Crippen LogP contribution < -0.4 is 4.74 Å². The molecule has 0 aliphatic heterocycles. The molecule has 1 aromatic rings. The Morgan fingerprint density at radius 2 is 2.00 bits per heavy atom. The summed E-state index contributed by atoms with van der Waals surface area (Å²) >= 11 is 0. The molecule has 0 N–H and O–H groups in total. The Morgan fingerprint density at radius 3 is 2.67 bits per heavy atom. The zero-order chi connectivity index (χ0) is 8.65. The van der Waals surface area contributed by atoms with Crippen molar-refractivity contribution in [3.05, 3.63) is 30.3 Å². The lowest BCUT2D eigenvalue weighted by atomic mass is 10.3. The fourth-order valence-electron chi connectivity index (χ4n) is 0.861. The second-order valence-electron chi connectivity index (χ2n) is 2.43. The van der Waals surface area contributed by atoms with E-state index in [1.54, 1.807) is 7.11 Å². The van der Waals surface area contributed by atoms with E-state index >= 15 is 0 Å². The molecule has 0 spiro atoms. The Labute approximate surface area is 73.1 Å². The summed E-state index contributed by atoms with van der Waals surface area (Å²) in [4.78, 5) is 0. The molecule has 0 atom stereocenters. The van der Waals surface area contributed by atoms with Crippen molar-refractivity contribution in [1.29, 1.82) is 0 Å². The third-order valence-corrected chi connectivity index (χ3v) is 1.45. The minimum atomic E-state index is 0.706. The molecule has 0 saturated carbocycles. The van der Waals surface area contributed by atoms with E-state index in [1.807, 2.05) is 24.3 Å². The molecule has 0 amide bonds. The highest BCUT2D eigenvalue weighted by molar-refractivity contribution is 5.20. The summed E-state index contributed by atoms with van der Waals surface area (Å²) in [7, 11) is 1.69. The fourth-order valence-corrected chi connectivity index (χ4v) is 0.861. The third-order valence-electron chi connectivity index (χ3n) is 1.45. The van der Waals surface area contributed by atoms with Crippen molar-refractivity contribution in [2.24, 2.45) is 0 Å². The van der Waals surface area contributed by atoms with Crippen LogP contribution in [-0.2, 0) is 4.74 Å². The zero-order valence-electron chi connectivity index (χ0n) is 7.25. The number of rotatable bonds is 5. The van der Waals surface area contributed by atoms with Crippen LogP contribution in [-0.4, -0.2) is 20.3 Å². The van der Waals surface area contributed by atoms with E-state index in [0.29, 0.717) is 6.61 Å². The topological polar surface area (TPSA) is 18.5 Å². The minimum absolute atomic E-state index is 0.706. The van der Waals surface area contributed by atoms with Crippen LogP contribution >= 0.6 is 0 Å². The van der Waals surface area contributed by atoms with Crippen LogP contribution in [0.1, 0.15) is 6.42 Å². The summed E-state index contributed by atoms with van der Waals surface area (Å²) in [5, 5.41) is 0. The van der Waals surface area contributed by atoms with E-state index < -0.39 is 0 Å². The normalized spacial score (nSPS) is 9.75. The fraction of sp³-hybridized carbons (Fsp3) is 0.400. The third kappa shape index (κ3) is 3.39. The molecule has 65 valence electrons. The maximum atomic E-state index is 5.41. The Kier molecular flexibility index (Phi) is 4.24. The molecule has 0 fully saturated rings. The molecule has 0 unspecified atom stereocenters. The van der Waals surface area contributed by atoms with E-state index in [-0.39, 0.29) is 0 Å². The molecule has 2 nitrogen and oxygen atoms in total. The predicted octanol–water partition coefficient (Wildman–Crippen LogP) is 1.90. The highest BCUT2D eigenvalue weighted by Gasteiger charge is 1.90. The van der Waals surface area contributed by atoms with Gasteiger partial charge in [-0.15, -0.1) is 0 Å². The monoisotopic (exact) mass is 165 g/mol. The van der Waals surface area contributed by atoms with Crippen molar-refractivity contribution in [1.82, 2.24) is 0 Å². The molecule has 1 aromatic carbocycles. The van der Waals surface area contributed by atoms with Gasteiger partial charge in [0.2, 0.25) is 0 Å². The average Bonchev–Trinajstić information content (AvgIpc) is 2.14. The number of hydrogen-bond acceptors (Lipinski definition) is 2. The van der Waals surface area contributed by atoms with Crippen molar-refractivity contribution >= 4 is 0 Å². The van der Waals surface area contributed by atoms with Gasteiger partial charge in [-0.3, -0.25) is 0 Å². The quantitative estimate of drug-likeness (QED) is 0.620. The van der Waals surface area contributed by atoms with Gasteiger partial charge >= 0.3 is 0 Å². The van der Waals surface area contributed by atoms with Gasteiger partial charge in [-0.25, -0.2) is 0 Å². The number of benzene rings is 1. The molecular formula is C10H13O2. The van der Waals surface area contributed by atoms with E-state index in [0.717, 1.165) is 18.8 Å². The second-order valence-corrected chi connectivity index (χ2v) is 2.43. The second kappa shape index (κ2) is 5.61. The van der Waals surface area contributed by atoms with Crippen LogP contribution in [0.4, 0.5) is 0 Å². The van der Waals surface area contributed by atoms with Crippen LogP contribution in [0.15, 0.2) is 24.3 Å². The molecule has 0 saturated heterocycles. The number of ether oxygens (including phenoxy) is 2. The van der Waals surface area contributed by atoms with Crippen LogP contribution in [0.5, 0.6) is 5.75 Å². The summed E-state index contributed by atoms with van der Waals surface area (Å²) in [6.45, 7) is 1.46. The number of hydrogen-bond donors (Lipinski definition) is 0. The van der Waals surface area contributed by atoms with E-state index in [9.17, 15) is 0 Å². The van der Waals surface area contributed by atoms with Crippen LogP contribution in [0.2, 0.25) is 0 Å². The van der Waals surface area contributed by atoms with Crippen LogP contribution in [0, 0.1) is 6.07 Å². The Morgan fingerprint density at radius 1 is 1.25 bits per heavy atom. The van der Waals surface area contributed by atoms with Gasteiger partial charge in [-0.05, 0) is 18.2 Å². The molecule has 1 radical (unpaired) electrons. The van der Waals surface area contributed by atoms with Crippen molar-refractivity contribution in [3.8, 4) is 5.75 Å². The molecule has 0 aromatic heterocycles. The Balaban J connectivity index is 2.16. The summed E-state index contributed by atoms with van der Waals surface area (Å²) in [5.41, 5.74) is 0. The standard InChI is InChI=1S/C10H13O2/c1-11-8-5-9-12-10-6-3-2-4-7-10/h3-4,6-7H,5,8-9H2,1H3. The highest BCUT2D eigenvalue weighted by Crippen LogP contribution is 2.07. The molecule has 1 rings (SSSR count). The van der Waals surface area contributed by atoms with Crippen LogP contribution in [0.25, 0.3) is 0 Å². The summed E-state index contributed by atoms with van der Waals surface area (Å²) < 4.78 is 10.3. The number of methoxy groups -OCH3 is 1. The minimum Gasteiger partial charge on any atom is -0.494 e. The first kappa shape index (κ1) is 9.07. The molecule has 2 heteroatoms. The van der Waals surface area contributed by atoms with Gasteiger partial charge in [0.05, 0.1) is 6.61 Å². The van der Waals surface area contributed by atoms with Gasteiger partial charge in [0.15, 0.2) is 0 Å². The van der Waals surface area contributed by atoms with Gasteiger partial charge in [-0.1, -0.05) is 12.1 Å². The van der Waals surface area contributed by atoms with Crippen molar-refractivity contribution in [3.63, 3.8) is 0 Å². The highest BCUT2D eigenvalue weighted by atomic mass is 16.5. The lowest BCUT2D eigenvalue weighted by molar-refractivity contribution is 0.172. The maximum Gasteiger partial charge on any atom is 0.119 e. The first-order valence-electron chi connectivity index (χ1n) is 4.01. The lowest BCUT2D eigenvalue weighted by Gasteiger charge is -2.04. The molecule has 0 heterocycles. The Bertz CT molecular complexity index is 196. The Hall–Kier alpha value is -1.02. The van der Waals surface area contributed by atoms with E-state index in [1.165, 1.54) is 0 Å². The summed E-state index contributed by atoms with van der Waals surface area (Å²) in [6, 6.07) is 10.4.